The molecule has 0 unspecified atom stereocenters. The molecule has 3 aromatic heterocycles. The van der Waals surface area contributed by atoms with E-state index < -0.39 is 0 Å². The number of thiophene rings is 1. The average molecular weight is 448 g/mol. The lowest BCUT2D eigenvalue weighted by atomic mass is 10.2. The van der Waals surface area contributed by atoms with Crippen molar-refractivity contribution < 1.29 is 4.79 Å². The Morgan fingerprint density at radius 3 is 2.68 bits per heavy atom. The summed E-state index contributed by atoms with van der Waals surface area (Å²) < 4.78 is 1.89. The fraction of sp³-hybridized carbons (Fsp3) is 0.150. The zero-order valence-electron chi connectivity index (χ0n) is 14.9. The molecule has 28 heavy (non-hydrogen) atoms. The van der Waals surface area contributed by atoms with Gasteiger partial charge in [0.2, 0.25) is 0 Å². The van der Waals surface area contributed by atoms with Crippen LogP contribution in [0.3, 0.4) is 0 Å². The summed E-state index contributed by atoms with van der Waals surface area (Å²) in [4.78, 5) is 24.0. The third-order valence-electron chi connectivity index (χ3n) is 4.26. The Kier molecular flexibility index (Phi) is 5.64. The lowest BCUT2D eigenvalue weighted by Gasteiger charge is -2.19. The number of amides is 1. The maximum Gasteiger partial charge on any atom is 0.262 e. The van der Waals surface area contributed by atoms with E-state index in [1.807, 2.05) is 24.3 Å². The van der Waals surface area contributed by atoms with Crippen LogP contribution in [0.2, 0.25) is 8.67 Å². The van der Waals surface area contributed by atoms with Crippen LogP contribution >= 0.6 is 45.9 Å². The quantitative estimate of drug-likeness (QED) is 0.352. The standard InChI is InChI=1S/C20H15Cl2N3OS2/c1-2-12-6-7-15-16(9-12)27-20(24-15)25(11-13-5-3-4-8-23-13)19(26)14-10-17(21)28-18(14)22/h3-10H,2,11H2,1H3. The minimum Gasteiger partial charge on any atom is -0.278 e. The third-order valence-corrected chi connectivity index (χ3v) is 6.79. The van der Waals surface area contributed by atoms with Crippen molar-refractivity contribution in [1.82, 2.24) is 9.97 Å². The second-order valence-electron chi connectivity index (χ2n) is 6.10. The van der Waals surface area contributed by atoms with Gasteiger partial charge >= 0.3 is 0 Å². The van der Waals surface area contributed by atoms with Crippen molar-refractivity contribution in [2.24, 2.45) is 0 Å². The molecule has 0 N–H and O–H groups in total. The molecule has 0 bridgehead atoms. The fourth-order valence-electron chi connectivity index (χ4n) is 2.80. The van der Waals surface area contributed by atoms with Gasteiger partial charge in [0.1, 0.15) is 4.34 Å². The molecule has 4 aromatic rings. The van der Waals surface area contributed by atoms with Gasteiger partial charge in [0, 0.05) is 6.20 Å². The molecule has 0 fully saturated rings. The topological polar surface area (TPSA) is 46.1 Å². The number of aromatic nitrogens is 2. The second-order valence-corrected chi connectivity index (χ2v) is 9.40. The number of halogens is 2. The molecule has 1 aromatic carbocycles. The molecule has 4 nitrogen and oxygen atoms in total. The number of hydrogen-bond donors (Lipinski definition) is 0. The molecule has 0 spiro atoms. The van der Waals surface area contributed by atoms with Crippen LogP contribution in [0.25, 0.3) is 10.2 Å². The predicted molar refractivity (Wildman–Crippen MR) is 118 cm³/mol. The fourth-order valence-corrected chi connectivity index (χ4v) is 5.28. The number of carbonyl (C=O) groups excluding carboxylic acids is 1. The smallest absolute Gasteiger partial charge is 0.262 e. The molecular formula is C20H15Cl2N3OS2. The number of anilines is 1. The first-order valence-corrected chi connectivity index (χ1v) is 11.0. The Hall–Kier alpha value is -1.99. The van der Waals surface area contributed by atoms with Crippen molar-refractivity contribution in [3.05, 3.63) is 74.2 Å². The van der Waals surface area contributed by atoms with E-state index in [2.05, 4.69) is 24.0 Å². The van der Waals surface area contributed by atoms with Crippen molar-refractivity contribution in [3.8, 4) is 0 Å². The van der Waals surface area contributed by atoms with Crippen LogP contribution in [0.1, 0.15) is 28.5 Å². The van der Waals surface area contributed by atoms with Gasteiger partial charge in [0.05, 0.1) is 32.4 Å². The minimum atomic E-state index is -0.242. The third kappa shape index (κ3) is 3.91. The first kappa shape index (κ1) is 19.3. The molecule has 3 heterocycles. The van der Waals surface area contributed by atoms with E-state index in [0.717, 1.165) is 22.3 Å². The summed E-state index contributed by atoms with van der Waals surface area (Å²) in [5.74, 6) is -0.242. The summed E-state index contributed by atoms with van der Waals surface area (Å²) in [5, 5.41) is 0.609. The highest BCUT2D eigenvalue weighted by molar-refractivity contribution is 7.22. The van der Waals surface area contributed by atoms with E-state index >= 15 is 0 Å². The molecule has 0 aliphatic carbocycles. The number of thiazole rings is 1. The first-order chi connectivity index (χ1) is 13.5. The second kappa shape index (κ2) is 8.17. The van der Waals surface area contributed by atoms with Crippen LogP contribution in [-0.2, 0) is 13.0 Å². The molecular weight excluding hydrogens is 433 g/mol. The molecule has 0 saturated carbocycles. The molecule has 4 rings (SSSR count). The van der Waals surface area contributed by atoms with Gasteiger partial charge in [0.25, 0.3) is 5.91 Å². The Labute approximate surface area is 180 Å². The number of rotatable bonds is 5. The normalized spacial score (nSPS) is 11.1. The van der Waals surface area contributed by atoms with E-state index in [4.69, 9.17) is 28.2 Å². The van der Waals surface area contributed by atoms with Crippen LogP contribution in [0, 0.1) is 0 Å². The number of hydrogen-bond acceptors (Lipinski definition) is 5. The summed E-state index contributed by atoms with van der Waals surface area (Å²) in [6.45, 7) is 2.41. The maximum absolute atomic E-state index is 13.3. The van der Waals surface area contributed by atoms with Gasteiger partial charge in [-0.15, -0.1) is 11.3 Å². The van der Waals surface area contributed by atoms with Crippen molar-refractivity contribution in [2.45, 2.75) is 19.9 Å². The SMILES string of the molecule is CCc1ccc2nc(N(Cc3ccccn3)C(=O)c3cc(Cl)sc3Cl)sc2c1. The Morgan fingerprint density at radius 2 is 2.00 bits per heavy atom. The Bertz CT molecular complexity index is 1140. The van der Waals surface area contributed by atoms with Crippen molar-refractivity contribution in [3.63, 3.8) is 0 Å². The minimum absolute atomic E-state index is 0.242. The summed E-state index contributed by atoms with van der Waals surface area (Å²) >= 11 is 15.0. The number of carbonyl (C=O) groups is 1. The summed E-state index contributed by atoms with van der Waals surface area (Å²) in [7, 11) is 0. The van der Waals surface area contributed by atoms with Gasteiger partial charge in [-0.1, -0.05) is 53.6 Å². The number of aryl methyl sites for hydroxylation is 1. The number of fused-ring (bicyclic) bond motifs is 1. The summed E-state index contributed by atoms with van der Waals surface area (Å²) in [6.07, 6.45) is 2.65. The largest absolute Gasteiger partial charge is 0.278 e. The highest BCUT2D eigenvalue weighted by Crippen LogP contribution is 2.35. The van der Waals surface area contributed by atoms with Gasteiger partial charge in [-0.3, -0.25) is 14.7 Å². The molecule has 0 aliphatic heterocycles. The Balaban J connectivity index is 1.78. The number of nitrogens with zero attached hydrogens (tertiary/aromatic N) is 3. The molecule has 142 valence electrons. The van der Waals surface area contributed by atoms with Crippen LogP contribution < -0.4 is 4.90 Å². The van der Waals surface area contributed by atoms with Crippen LogP contribution in [0.4, 0.5) is 5.13 Å². The van der Waals surface area contributed by atoms with Gasteiger partial charge in [0.15, 0.2) is 5.13 Å². The van der Waals surface area contributed by atoms with E-state index in [1.54, 1.807) is 17.2 Å². The van der Waals surface area contributed by atoms with E-state index in [0.29, 0.717) is 25.9 Å². The van der Waals surface area contributed by atoms with Gasteiger partial charge in [-0.25, -0.2) is 4.98 Å². The zero-order valence-corrected chi connectivity index (χ0v) is 18.0. The lowest BCUT2D eigenvalue weighted by Crippen LogP contribution is -2.30. The molecule has 0 atom stereocenters. The van der Waals surface area contributed by atoms with E-state index in [-0.39, 0.29) is 5.91 Å². The maximum atomic E-state index is 13.3. The lowest BCUT2D eigenvalue weighted by molar-refractivity contribution is 0.0985. The van der Waals surface area contributed by atoms with Gasteiger partial charge in [-0.05, 0) is 42.3 Å². The molecule has 0 aliphatic rings. The summed E-state index contributed by atoms with van der Waals surface area (Å²) in [5.41, 5.74) is 3.24. The monoisotopic (exact) mass is 447 g/mol. The predicted octanol–water partition coefficient (Wildman–Crippen LogP) is 6.47. The van der Waals surface area contributed by atoms with E-state index in [9.17, 15) is 4.79 Å². The van der Waals surface area contributed by atoms with Crippen LogP contribution in [0.15, 0.2) is 48.7 Å². The number of pyridine rings is 1. The Morgan fingerprint density at radius 1 is 1.14 bits per heavy atom. The molecule has 0 radical (unpaired) electrons. The van der Waals surface area contributed by atoms with Crippen molar-refractivity contribution in [1.29, 1.82) is 0 Å². The molecule has 8 heteroatoms. The van der Waals surface area contributed by atoms with Gasteiger partial charge in [-0.2, -0.15) is 0 Å². The van der Waals surface area contributed by atoms with Crippen molar-refractivity contribution in [2.75, 3.05) is 4.90 Å². The zero-order chi connectivity index (χ0) is 19.7. The van der Waals surface area contributed by atoms with Gasteiger partial charge < -0.3 is 0 Å². The number of benzene rings is 1. The molecule has 0 saturated heterocycles. The highest BCUT2D eigenvalue weighted by atomic mass is 35.5. The van der Waals surface area contributed by atoms with E-state index in [1.165, 1.54) is 28.2 Å². The van der Waals surface area contributed by atoms with Crippen LogP contribution in [0.5, 0.6) is 0 Å². The first-order valence-electron chi connectivity index (χ1n) is 8.61. The van der Waals surface area contributed by atoms with Crippen LogP contribution in [-0.4, -0.2) is 15.9 Å². The average Bonchev–Trinajstić information content (AvgIpc) is 3.27. The highest BCUT2D eigenvalue weighted by Gasteiger charge is 2.25. The van der Waals surface area contributed by atoms with Crippen molar-refractivity contribution >= 4 is 67.1 Å². The molecule has 1 amide bonds. The summed E-state index contributed by atoms with van der Waals surface area (Å²) in [6, 6.07) is 13.4.